The standard InChI is InChI=1S/C16H15FN2OS/c1-11-6-8-21-15(11)10-19-16(20)14-9-13(17)5-4-12(14)3-2-7-18/h4-6,8-9H,7,10,18H2,1H3,(H,19,20). The quantitative estimate of drug-likeness (QED) is 0.856. The highest BCUT2D eigenvalue weighted by atomic mass is 32.1. The maximum atomic E-state index is 13.4. The second kappa shape index (κ2) is 7.02. The Balaban J connectivity index is 2.18. The molecular formula is C16H15FN2OS. The topological polar surface area (TPSA) is 55.1 Å². The third kappa shape index (κ3) is 3.91. The highest BCUT2D eigenvalue weighted by Crippen LogP contribution is 2.16. The predicted molar refractivity (Wildman–Crippen MR) is 82.6 cm³/mol. The van der Waals surface area contributed by atoms with Crippen LogP contribution in [-0.2, 0) is 6.54 Å². The minimum atomic E-state index is -0.467. The Labute approximate surface area is 127 Å². The lowest BCUT2D eigenvalue weighted by molar-refractivity contribution is 0.0950. The fourth-order valence-corrected chi connectivity index (χ4v) is 2.65. The Morgan fingerprint density at radius 3 is 2.90 bits per heavy atom. The van der Waals surface area contributed by atoms with Crippen LogP contribution in [0.25, 0.3) is 0 Å². The van der Waals surface area contributed by atoms with Gasteiger partial charge in [-0.2, -0.15) is 0 Å². The zero-order chi connectivity index (χ0) is 15.2. The molecule has 3 N–H and O–H groups in total. The van der Waals surface area contributed by atoms with Gasteiger partial charge in [-0.15, -0.1) is 11.3 Å². The van der Waals surface area contributed by atoms with Crippen molar-refractivity contribution in [3.8, 4) is 11.8 Å². The van der Waals surface area contributed by atoms with Gasteiger partial charge in [0.25, 0.3) is 5.91 Å². The Hall–Kier alpha value is -2.16. The average Bonchev–Trinajstić information content (AvgIpc) is 2.88. The third-order valence-electron chi connectivity index (χ3n) is 2.93. The SMILES string of the molecule is Cc1ccsc1CNC(=O)c1cc(F)ccc1C#CCN. The molecule has 0 atom stereocenters. The summed E-state index contributed by atoms with van der Waals surface area (Å²) in [7, 11) is 0. The number of nitrogens with one attached hydrogen (secondary N) is 1. The zero-order valence-electron chi connectivity index (χ0n) is 11.6. The Morgan fingerprint density at radius 1 is 1.43 bits per heavy atom. The highest BCUT2D eigenvalue weighted by Gasteiger charge is 2.12. The molecule has 0 aliphatic heterocycles. The molecule has 0 aliphatic rings. The number of amides is 1. The molecule has 1 heterocycles. The molecule has 1 amide bonds. The van der Waals surface area contributed by atoms with Crippen molar-refractivity contribution in [2.75, 3.05) is 6.54 Å². The minimum absolute atomic E-state index is 0.187. The van der Waals surface area contributed by atoms with Crippen LogP contribution < -0.4 is 11.1 Å². The molecule has 0 saturated heterocycles. The summed E-state index contributed by atoms with van der Waals surface area (Å²) >= 11 is 1.57. The van der Waals surface area contributed by atoms with Gasteiger partial charge in [0.2, 0.25) is 0 Å². The van der Waals surface area contributed by atoms with E-state index in [4.69, 9.17) is 5.73 Å². The highest BCUT2D eigenvalue weighted by molar-refractivity contribution is 7.10. The zero-order valence-corrected chi connectivity index (χ0v) is 12.4. The van der Waals surface area contributed by atoms with Crippen molar-refractivity contribution in [1.29, 1.82) is 0 Å². The van der Waals surface area contributed by atoms with Gasteiger partial charge in [-0.05, 0) is 42.1 Å². The molecule has 1 aromatic carbocycles. The largest absolute Gasteiger partial charge is 0.347 e. The smallest absolute Gasteiger partial charge is 0.252 e. The first-order valence-electron chi connectivity index (χ1n) is 6.41. The van der Waals surface area contributed by atoms with E-state index in [1.54, 1.807) is 11.3 Å². The number of nitrogens with two attached hydrogens (primary N) is 1. The summed E-state index contributed by atoms with van der Waals surface area (Å²) in [6.07, 6.45) is 0. The average molecular weight is 302 g/mol. The molecule has 0 radical (unpaired) electrons. The van der Waals surface area contributed by atoms with Crippen molar-refractivity contribution < 1.29 is 9.18 Å². The van der Waals surface area contributed by atoms with E-state index in [2.05, 4.69) is 17.2 Å². The first-order chi connectivity index (χ1) is 10.1. The van der Waals surface area contributed by atoms with E-state index in [1.807, 2.05) is 18.4 Å². The number of hydrogen-bond acceptors (Lipinski definition) is 3. The second-order valence-corrected chi connectivity index (χ2v) is 5.41. The molecule has 3 nitrogen and oxygen atoms in total. The second-order valence-electron chi connectivity index (χ2n) is 4.41. The molecule has 21 heavy (non-hydrogen) atoms. The normalized spacial score (nSPS) is 9.86. The summed E-state index contributed by atoms with van der Waals surface area (Å²) in [6.45, 7) is 2.59. The van der Waals surface area contributed by atoms with E-state index in [0.29, 0.717) is 12.1 Å². The summed E-state index contributed by atoms with van der Waals surface area (Å²) in [5.74, 6) is 4.65. The molecule has 2 rings (SSSR count). The van der Waals surface area contributed by atoms with Crippen molar-refractivity contribution in [3.05, 3.63) is 57.0 Å². The van der Waals surface area contributed by atoms with Gasteiger partial charge in [0, 0.05) is 10.4 Å². The van der Waals surface area contributed by atoms with E-state index in [-0.39, 0.29) is 18.0 Å². The number of benzene rings is 1. The monoisotopic (exact) mass is 302 g/mol. The summed E-state index contributed by atoms with van der Waals surface area (Å²) < 4.78 is 13.4. The van der Waals surface area contributed by atoms with Gasteiger partial charge in [-0.1, -0.05) is 11.8 Å². The fraction of sp³-hybridized carbons (Fsp3) is 0.188. The van der Waals surface area contributed by atoms with E-state index in [9.17, 15) is 9.18 Å². The van der Waals surface area contributed by atoms with Gasteiger partial charge in [-0.25, -0.2) is 4.39 Å². The predicted octanol–water partition coefficient (Wildman–Crippen LogP) is 2.44. The summed E-state index contributed by atoms with van der Waals surface area (Å²) in [5, 5.41) is 4.76. The molecular weight excluding hydrogens is 287 g/mol. The van der Waals surface area contributed by atoms with Gasteiger partial charge in [-0.3, -0.25) is 4.79 Å². The van der Waals surface area contributed by atoms with Crippen LogP contribution in [0, 0.1) is 24.6 Å². The first kappa shape index (κ1) is 15.2. The number of carbonyl (C=O) groups excluding carboxylic acids is 1. The van der Waals surface area contributed by atoms with Crippen molar-refractivity contribution in [2.24, 2.45) is 5.73 Å². The van der Waals surface area contributed by atoms with E-state index >= 15 is 0 Å². The number of rotatable bonds is 3. The number of carbonyl (C=O) groups is 1. The molecule has 1 aromatic heterocycles. The van der Waals surface area contributed by atoms with Gasteiger partial charge in [0.15, 0.2) is 0 Å². The molecule has 0 fully saturated rings. The lowest BCUT2D eigenvalue weighted by Gasteiger charge is -2.07. The van der Waals surface area contributed by atoms with Gasteiger partial charge >= 0.3 is 0 Å². The molecule has 2 aromatic rings. The maximum Gasteiger partial charge on any atom is 0.252 e. The Kier molecular flexibility index (Phi) is 5.09. The molecule has 0 spiro atoms. The van der Waals surface area contributed by atoms with Crippen LogP contribution >= 0.6 is 11.3 Å². The van der Waals surface area contributed by atoms with Crippen molar-refractivity contribution in [1.82, 2.24) is 5.32 Å². The molecule has 0 unspecified atom stereocenters. The van der Waals surface area contributed by atoms with Crippen LogP contribution in [0.5, 0.6) is 0 Å². The van der Waals surface area contributed by atoms with Gasteiger partial charge in [0.05, 0.1) is 18.7 Å². The third-order valence-corrected chi connectivity index (χ3v) is 3.95. The van der Waals surface area contributed by atoms with Crippen molar-refractivity contribution >= 4 is 17.2 Å². The molecule has 0 bridgehead atoms. The van der Waals surface area contributed by atoms with Crippen LogP contribution in [0.2, 0.25) is 0 Å². The molecule has 0 aliphatic carbocycles. The van der Waals surface area contributed by atoms with Crippen molar-refractivity contribution in [2.45, 2.75) is 13.5 Å². The molecule has 0 saturated carbocycles. The first-order valence-corrected chi connectivity index (χ1v) is 7.29. The van der Waals surface area contributed by atoms with Crippen molar-refractivity contribution in [3.63, 3.8) is 0 Å². The van der Waals surface area contributed by atoms with Crippen LogP contribution in [0.1, 0.15) is 26.4 Å². The lowest BCUT2D eigenvalue weighted by atomic mass is 10.1. The summed E-state index contributed by atoms with van der Waals surface area (Å²) in [6, 6.07) is 5.95. The van der Waals surface area contributed by atoms with E-state index in [1.165, 1.54) is 18.2 Å². The number of hydrogen-bond donors (Lipinski definition) is 2. The summed E-state index contributed by atoms with van der Waals surface area (Å²) in [5.41, 5.74) is 7.15. The fourth-order valence-electron chi connectivity index (χ4n) is 1.80. The minimum Gasteiger partial charge on any atom is -0.347 e. The number of aryl methyl sites for hydroxylation is 1. The Bertz CT molecular complexity index is 713. The summed E-state index contributed by atoms with van der Waals surface area (Å²) in [4.78, 5) is 13.3. The van der Waals surface area contributed by atoms with E-state index < -0.39 is 5.82 Å². The van der Waals surface area contributed by atoms with Gasteiger partial charge < -0.3 is 11.1 Å². The lowest BCUT2D eigenvalue weighted by Crippen LogP contribution is -2.23. The number of halogens is 1. The van der Waals surface area contributed by atoms with Crippen LogP contribution in [0.3, 0.4) is 0 Å². The Morgan fingerprint density at radius 2 is 2.24 bits per heavy atom. The van der Waals surface area contributed by atoms with Crippen LogP contribution in [-0.4, -0.2) is 12.5 Å². The molecule has 108 valence electrons. The van der Waals surface area contributed by atoms with Crippen LogP contribution in [0.15, 0.2) is 29.6 Å². The van der Waals surface area contributed by atoms with Gasteiger partial charge in [0.1, 0.15) is 5.82 Å². The molecule has 5 heteroatoms. The number of thiophene rings is 1. The maximum absolute atomic E-state index is 13.4. The van der Waals surface area contributed by atoms with Crippen LogP contribution in [0.4, 0.5) is 4.39 Å². The van der Waals surface area contributed by atoms with E-state index in [0.717, 1.165) is 10.4 Å².